The van der Waals surface area contributed by atoms with E-state index in [-0.39, 0.29) is 17.9 Å². The van der Waals surface area contributed by atoms with Gasteiger partial charge in [0, 0.05) is 31.2 Å². The minimum atomic E-state index is -0.522. The molecule has 1 saturated heterocycles. The van der Waals surface area contributed by atoms with E-state index < -0.39 is 6.04 Å². The number of hydrogen-bond acceptors (Lipinski definition) is 3. The first-order chi connectivity index (χ1) is 14.0. The third-order valence-electron chi connectivity index (χ3n) is 5.23. The molecule has 29 heavy (non-hydrogen) atoms. The molecule has 0 aromatic heterocycles. The first-order valence-electron chi connectivity index (χ1n) is 10.4. The van der Waals surface area contributed by atoms with E-state index in [4.69, 9.17) is 0 Å². The van der Waals surface area contributed by atoms with Crippen LogP contribution in [0, 0.1) is 5.92 Å². The van der Waals surface area contributed by atoms with Crippen LogP contribution >= 0.6 is 0 Å². The van der Waals surface area contributed by atoms with Crippen molar-refractivity contribution in [3.63, 3.8) is 0 Å². The van der Waals surface area contributed by atoms with Gasteiger partial charge in [0.05, 0.1) is 0 Å². The van der Waals surface area contributed by atoms with Crippen molar-refractivity contribution < 1.29 is 9.59 Å². The van der Waals surface area contributed by atoms with Crippen molar-refractivity contribution in [2.45, 2.75) is 45.3 Å². The molecule has 0 saturated carbocycles. The van der Waals surface area contributed by atoms with Gasteiger partial charge in [-0.2, -0.15) is 0 Å². The Morgan fingerprint density at radius 1 is 1.03 bits per heavy atom. The SMILES string of the molecule is CC(C)C[C@H](NC(=O)c1ccccc1)C(=O)NC1CCN(Cc2ccccc2)C1. The lowest BCUT2D eigenvalue weighted by atomic mass is 10.0. The highest BCUT2D eigenvalue weighted by Gasteiger charge is 2.28. The van der Waals surface area contributed by atoms with Crippen molar-refractivity contribution >= 4 is 11.8 Å². The minimum Gasteiger partial charge on any atom is -0.350 e. The lowest BCUT2D eigenvalue weighted by molar-refractivity contribution is -0.124. The van der Waals surface area contributed by atoms with Crippen molar-refractivity contribution in [1.82, 2.24) is 15.5 Å². The molecule has 1 unspecified atom stereocenters. The van der Waals surface area contributed by atoms with Crippen molar-refractivity contribution in [3.05, 3.63) is 71.8 Å². The highest BCUT2D eigenvalue weighted by molar-refractivity contribution is 5.97. The molecule has 0 bridgehead atoms. The lowest BCUT2D eigenvalue weighted by Crippen LogP contribution is -2.50. The number of rotatable bonds is 8. The second kappa shape index (κ2) is 10.2. The van der Waals surface area contributed by atoms with Gasteiger partial charge in [-0.3, -0.25) is 14.5 Å². The molecule has 0 spiro atoms. The Bertz CT molecular complexity index is 792. The fourth-order valence-electron chi connectivity index (χ4n) is 3.77. The first-order valence-corrected chi connectivity index (χ1v) is 10.4. The maximum Gasteiger partial charge on any atom is 0.251 e. The first kappa shape index (κ1) is 21.1. The van der Waals surface area contributed by atoms with Crippen LogP contribution in [0.15, 0.2) is 60.7 Å². The Kier molecular flexibility index (Phi) is 7.42. The van der Waals surface area contributed by atoms with Crippen LogP contribution in [0.4, 0.5) is 0 Å². The van der Waals surface area contributed by atoms with Crippen LogP contribution in [0.3, 0.4) is 0 Å². The van der Waals surface area contributed by atoms with E-state index >= 15 is 0 Å². The number of nitrogens with one attached hydrogen (secondary N) is 2. The van der Waals surface area contributed by atoms with Gasteiger partial charge in [-0.15, -0.1) is 0 Å². The van der Waals surface area contributed by atoms with Crippen LogP contribution < -0.4 is 10.6 Å². The molecular formula is C24H31N3O2. The van der Waals surface area contributed by atoms with Crippen molar-refractivity contribution in [2.24, 2.45) is 5.92 Å². The largest absolute Gasteiger partial charge is 0.350 e. The van der Waals surface area contributed by atoms with E-state index in [1.165, 1.54) is 5.56 Å². The van der Waals surface area contributed by atoms with Gasteiger partial charge in [-0.25, -0.2) is 0 Å². The van der Waals surface area contributed by atoms with E-state index in [0.717, 1.165) is 26.1 Å². The van der Waals surface area contributed by atoms with Gasteiger partial charge in [0.2, 0.25) is 5.91 Å². The predicted molar refractivity (Wildman–Crippen MR) is 115 cm³/mol. The summed E-state index contributed by atoms with van der Waals surface area (Å²) in [5.74, 6) is 0.0121. The van der Waals surface area contributed by atoms with Crippen LogP contribution in [0.2, 0.25) is 0 Å². The second-order valence-electron chi connectivity index (χ2n) is 8.24. The Labute approximate surface area is 173 Å². The van der Waals surface area contributed by atoms with Crippen molar-refractivity contribution in [3.8, 4) is 0 Å². The van der Waals surface area contributed by atoms with Crippen LogP contribution in [-0.4, -0.2) is 41.9 Å². The van der Waals surface area contributed by atoms with Crippen LogP contribution in [0.25, 0.3) is 0 Å². The predicted octanol–water partition coefficient (Wildman–Crippen LogP) is 3.22. The number of benzene rings is 2. The minimum absolute atomic E-state index is 0.0884. The average molecular weight is 394 g/mol. The molecule has 2 atom stereocenters. The molecule has 1 fully saturated rings. The topological polar surface area (TPSA) is 61.4 Å². The zero-order chi connectivity index (χ0) is 20.6. The van der Waals surface area contributed by atoms with E-state index in [0.29, 0.717) is 17.9 Å². The normalized spacial score (nSPS) is 17.8. The van der Waals surface area contributed by atoms with Crippen LogP contribution in [-0.2, 0) is 11.3 Å². The van der Waals surface area contributed by atoms with Crippen LogP contribution in [0.5, 0.6) is 0 Å². The van der Waals surface area contributed by atoms with Crippen molar-refractivity contribution in [1.29, 1.82) is 0 Å². The summed E-state index contributed by atoms with van der Waals surface area (Å²) in [6, 6.07) is 19.0. The van der Waals surface area contributed by atoms with Crippen molar-refractivity contribution in [2.75, 3.05) is 13.1 Å². The molecule has 0 radical (unpaired) electrons. The molecule has 5 nitrogen and oxygen atoms in total. The van der Waals surface area contributed by atoms with Gasteiger partial charge in [0.25, 0.3) is 5.91 Å². The molecule has 1 aliphatic rings. The Morgan fingerprint density at radius 3 is 2.34 bits per heavy atom. The summed E-state index contributed by atoms with van der Waals surface area (Å²) in [7, 11) is 0. The zero-order valence-electron chi connectivity index (χ0n) is 17.3. The molecule has 1 aliphatic heterocycles. The standard InChI is InChI=1S/C24H31N3O2/c1-18(2)15-22(26-23(28)20-11-7-4-8-12-20)24(29)25-21-13-14-27(17-21)16-19-9-5-3-6-10-19/h3-12,18,21-22H,13-17H2,1-2H3,(H,25,29)(H,26,28)/t21?,22-/m0/s1. The Hall–Kier alpha value is -2.66. The molecule has 5 heteroatoms. The zero-order valence-corrected chi connectivity index (χ0v) is 17.3. The summed E-state index contributed by atoms with van der Waals surface area (Å²) in [6.45, 7) is 6.82. The van der Waals surface area contributed by atoms with E-state index in [1.54, 1.807) is 12.1 Å². The Morgan fingerprint density at radius 2 is 1.69 bits per heavy atom. The molecule has 2 aromatic rings. The molecule has 3 rings (SSSR count). The molecular weight excluding hydrogens is 362 g/mol. The van der Waals surface area contributed by atoms with Gasteiger partial charge in [-0.1, -0.05) is 62.4 Å². The highest BCUT2D eigenvalue weighted by atomic mass is 16.2. The molecule has 2 N–H and O–H groups in total. The maximum atomic E-state index is 12.9. The summed E-state index contributed by atoms with van der Waals surface area (Å²) < 4.78 is 0. The summed E-state index contributed by atoms with van der Waals surface area (Å²) in [5, 5.41) is 6.09. The van der Waals surface area contributed by atoms with Gasteiger partial charge >= 0.3 is 0 Å². The quantitative estimate of drug-likeness (QED) is 0.724. The van der Waals surface area contributed by atoms with Gasteiger partial charge in [-0.05, 0) is 36.5 Å². The number of carbonyl (C=O) groups is 2. The van der Waals surface area contributed by atoms with Crippen LogP contribution in [0.1, 0.15) is 42.6 Å². The molecule has 154 valence electrons. The average Bonchev–Trinajstić information content (AvgIpc) is 3.15. The fraction of sp³-hybridized carbons (Fsp3) is 0.417. The fourth-order valence-corrected chi connectivity index (χ4v) is 3.77. The number of amides is 2. The molecule has 2 aromatic carbocycles. The second-order valence-corrected chi connectivity index (χ2v) is 8.24. The van der Waals surface area contributed by atoms with Gasteiger partial charge in [0.1, 0.15) is 6.04 Å². The molecule has 1 heterocycles. The maximum absolute atomic E-state index is 12.9. The monoisotopic (exact) mass is 393 g/mol. The molecule has 2 amide bonds. The molecule has 0 aliphatic carbocycles. The third-order valence-corrected chi connectivity index (χ3v) is 5.23. The van der Waals surface area contributed by atoms with E-state index in [9.17, 15) is 9.59 Å². The summed E-state index contributed by atoms with van der Waals surface area (Å²) in [6.07, 6.45) is 1.55. The Balaban J connectivity index is 1.55. The highest BCUT2D eigenvalue weighted by Crippen LogP contribution is 2.14. The lowest BCUT2D eigenvalue weighted by Gasteiger charge is -2.23. The number of nitrogens with zero attached hydrogens (tertiary/aromatic N) is 1. The summed E-state index contributed by atoms with van der Waals surface area (Å²) >= 11 is 0. The smallest absolute Gasteiger partial charge is 0.251 e. The van der Waals surface area contributed by atoms with E-state index in [1.807, 2.05) is 24.3 Å². The van der Waals surface area contributed by atoms with E-state index in [2.05, 4.69) is 53.6 Å². The summed E-state index contributed by atoms with van der Waals surface area (Å²) in [5.41, 5.74) is 1.86. The number of carbonyl (C=O) groups excluding carboxylic acids is 2. The van der Waals surface area contributed by atoms with Gasteiger partial charge < -0.3 is 10.6 Å². The van der Waals surface area contributed by atoms with Gasteiger partial charge in [0.15, 0.2) is 0 Å². The number of hydrogen-bond donors (Lipinski definition) is 2. The number of likely N-dealkylation sites (tertiary alicyclic amines) is 1. The third kappa shape index (κ3) is 6.43. The summed E-state index contributed by atoms with van der Waals surface area (Å²) in [4.78, 5) is 27.8.